The van der Waals surface area contributed by atoms with Gasteiger partial charge in [-0.3, -0.25) is 14.4 Å². The molecule has 0 saturated carbocycles. The van der Waals surface area contributed by atoms with Gasteiger partial charge in [0, 0.05) is 50.6 Å². The van der Waals surface area contributed by atoms with Crippen molar-refractivity contribution in [1.82, 2.24) is 9.80 Å². The topological polar surface area (TPSA) is 64.2 Å². The first-order valence-corrected chi connectivity index (χ1v) is 11.3. The largest absolute Gasteiger partial charge is 0.471 e. The van der Waals surface area contributed by atoms with Gasteiger partial charge in [0.15, 0.2) is 0 Å². The van der Waals surface area contributed by atoms with E-state index in [1.807, 2.05) is 4.90 Å². The standard InChI is InChI=1S/C22H25F7N4O3/c1-14-16(31-7-9-32(10-8-31)19(35)21(24,25)26)12-15(18(23)34)13-17(14)33(20(36)22(27,28)29)11-6-30-4-2-3-5-30/h12-13H,2-11H2,1H3. The fraction of sp³-hybridized carbons (Fsp3) is 0.591. The van der Waals surface area contributed by atoms with E-state index in [4.69, 9.17) is 0 Å². The van der Waals surface area contributed by atoms with Crippen LogP contribution in [-0.2, 0) is 9.59 Å². The predicted octanol–water partition coefficient (Wildman–Crippen LogP) is 3.31. The lowest BCUT2D eigenvalue weighted by atomic mass is 10.0. The number of anilines is 2. The van der Waals surface area contributed by atoms with Gasteiger partial charge in [0.1, 0.15) is 0 Å². The average molecular weight is 526 g/mol. The number of hydrogen-bond donors (Lipinski definition) is 0. The summed E-state index contributed by atoms with van der Waals surface area (Å²) in [5.74, 6) is -4.20. The number of benzene rings is 1. The normalized spacial score (nSPS) is 17.4. The number of amides is 2. The minimum atomic E-state index is -5.24. The monoisotopic (exact) mass is 526 g/mol. The quantitative estimate of drug-likeness (QED) is 0.421. The van der Waals surface area contributed by atoms with Gasteiger partial charge in [-0.15, -0.1) is 0 Å². The molecule has 0 aromatic heterocycles. The molecule has 0 unspecified atom stereocenters. The van der Waals surface area contributed by atoms with Gasteiger partial charge < -0.3 is 19.6 Å². The molecule has 3 rings (SSSR count). The number of alkyl halides is 6. The maximum atomic E-state index is 13.8. The molecule has 1 aromatic carbocycles. The van der Waals surface area contributed by atoms with Crippen LogP contribution in [0.4, 0.5) is 42.1 Å². The van der Waals surface area contributed by atoms with Gasteiger partial charge in [0.2, 0.25) is 0 Å². The van der Waals surface area contributed by atoms with Crippen molar-refractivity contribution in [3.63, 3.8) is 0 Å². The van der Waals surface area contributed by atoms with Crippen molar-refractivity contribution in [2.24, 2.45) is 0 Å². The number of halogens is 7. The minimum Gasteiger partial charge on any atom is -0.368 e. The smallest absolute Gasteiger partial charge is 0.368 e. The Balaban J connectivity index is 1.94. The molecule has 0 atom stereocenters. The highest BCUT2D eigenvalue weighted by molar-refractivity contribution is 6.01. The highest BCUT2D eigenvalue weighted by Gasteiger charge is 2.45. The van der Waals surface area contributed by atoms with Crippen LogP contribution in [-0.4, -0.2) is 92.4 Å². The molecule has 0 bridgehead atoms. The Hall–Kier alpha value is -2.90. The Bertz CT molecular complexity index is 999. The molecule has 2 amide bonds. The zero-order valence-electron chi connectivity index (χ0n) is 19.4. The molecule has 0 radical (unpaired) electrons. The molecule has 36 heavy (non-hydrogen) atoms. The molecule has 2 aliphatic rings. The lowest BCUT2D eigenvalue weighted by molar-refractivity contribution is -0.185. The summed E-state index contributed by atoms with van der Waals surface area (Å²) in [6.07, 6.45) is -8.56. The van der Waals surface area contributed by atoms with Gasteiger partial charge in [0.05, 0.1) is 5.56 Å². The molecule has 0 aliphatic carbocycles. The van der Waals surface area contributed by atoms with Crippen LogP contribution in [0.2, 0.25) is 0 Å². The van der Waals surface area contributed by atoms with Gasteiger partial charge in [-0.1, -0.05) is 0 Å². The van der Waals surface area contributed by atoms with E-state index in [9.17, 15) is 45.1 Å². The molecule has 200 valence electrons. The summed E-state index contributed by atoms with van der Waals surface area (Å²) < 4.78 is 92.4. The van der Waals surface area contributed by atoms with Crippen LogP contribution in [0.5, 0.6) is 0 Å². The molecule has 2 saturated heterocycles. The maximum absolute atomic E-state index is 13.8. The van der Waals surface area contributed by atoms with Gasteiger partial charge in [-0.2, -0.15) is 30.7 Å². The van der Waals surface area contributed by atoms with Gasteiger partial charge in [-0.25, -0.2) is 0 Å². The first-order chi connectivity index (χ1) is 16.7. The zero-order valence-corrected chi connectivity index (χ0v) is 19.4. The fourth-order valence-electron chi connectivity index (χ4n) is 4.47. The summed E-state index contributed by atoms with van der Waals surface area (Å²) in [5, 5.41) is 0. The highest BCUT2D eigenvalue weighted by Crippen LogP contribution is 2.35. The molecular formula is C22H25F7N4O3. The van der Waals surface area contributed by atoms with E-state index in [1.54, 1.807) is 0 Å². The summed E-state index contributed by atoms with van der Waals surface area (Å²) in [5.41, 5.74) is -0.701. The van der Waals surface area contributed by atoms with Crippen molar-refractivity contribution < 1.29 is 45.1 Å². The molecule has 0 spiro atoms. The fourth-order valence-corrected chi connectivity index (χ4v) is 4.47. The summed E-state index contributed by atoms with van der Waals surface area (Å²) >= 11 is 0. The van der Waals surface area contributed by atoms with Crippen LogP contribution in [0.25, 0.3) is 0 Å². The SMILES string of the molecule is Cc1c(N2CCN(C(=O)C(F)(F)F)CC2)cc(C(=O)F)cc1N(CCN1CCCC1)C(=O)C(F)(F)F. The molecule has 2 heterocycles. The number of likely N-dealkylation sites (tertiary alicyclic amines) is 1. The molecule has 2 aliphatic heterocycles. The lowest BCUT2D eigenvalue weighted by Gasteiger charge is -2.38. The van der Waals surface area contributed by atoms with E-state index < -0.39 is 35.8 Å². The highest BCUT2D eigenvalue weighted by atomic mass is 19.4. The van der Waals surface area contributed by atoms with Crippen LogP contribution in [0, 0.1) is 6.92 Å². The van der Waals surface area contributed by atoms with Crippen molar-refractivity contribution in [3.05, 3.63) is 23.3 Å². The Morgan fingerprint density at radius 3 is 1.97 bits per heavy atom. The van der Waals surface area contributed by atoms with E-state index in [2.05, 4.69) is 0 Å². The second-order valence-corrected chi connectivity index (χ2v) is 8.69. The summed E-state index contributed by atoms with van der Waals surface area (Å²) in [6, 6.07) is 0.0134. The van der Waals surface area contributed by atoms with Gasteiger partial charge in [-0.05, 0) is 50.6 Å². The second kappa shape index (κ2) is 10.6. The predicted molar refractivity (Wildman–Crippen MR) is 116 cm³/mol. The zero-order chi connectivity index (χ0) is 26.8. The van der Waals surface area contributed by atoms with Crippen molar-refractivity contribution in [3.8, 4) is 0 Å². The second-order valence-electron chi connectivity index (χ2n) is 8.69. The molecule has 1 aromatic rings. The van der Waals surface area contributed by atoms with Crippen molar-refractivity contribution in [1.29, 1.82) is 0 Å². The molecule has 0 N–H and O–H groups in total. The maximum Gasteiger partial charge on any atom is 0.471 e. The van der Waals surface area contributed by atoms with Crippen molar-refractivity contribution >= 4 is 29.2 Å². The number of carbonyl (C=O) groups excluding carboxylic acids is 3. The Kier molecular flexibility index (Phi) is 8.16. The first kappa shape index (κ1) is 27.7. The third-order valence-corrected chi connectivity index (χ3v) is 6.35. The van der Waals surface area contributed by atoms with Crippen LogP contribution in [0.15, 0.2) is 12.1 Å². The van der Waals surface area contributed by atoms with Crippen LogP contribution < -0.4 is 9.80 Å². The van der Waals surface area contributed by atoms with Crippen molar-refractivity contribution in [2.75, 3.05) is 62.2 Å². The lowest BCUT2D eigenvalue weighted by Crippen LogP contribution is -2.52. The Morgan fingerprint density at radius 1 is 0.889 bits per heavy atom. The molecule has 7 nitrogen and oxygen atoms in total. The van der Waals surface area contributed by atoms with Gasteiger partial charge >= 0.3 is 30.2 Å². The summed E-state index contributed by atoms with van der Waals surface area (Å²) in [6.45, 7) is 1.47. The molecule has 14 heteroatoms. The van der Waals surface area contributed by atoms with E-state index in [0.717, 1.165) is 25.0 Å². The molecular weight excluding hydrogens is 501 g/mol. The Labute approximate surface area is 202 Å². The third kappa shape index (κ3) is 6.26. The van der Waals surface area contributed by atoms with Crippen LogP contribution >= 0.6 is 0 Å². The van der Waals surface area contributed by atoms with Crippen LogP contribution in [0.1, 0.15) is 28.8 Å². The van der Waals surface area contributed by atoms with E-state index in [0.29, 0.717) is 22.9 Å². The number of rotatable bonds is 6. The number of hydrogen-bond acceptors (Lipinski definition) is 5. The molecule has 2 fully saturated rings. The third-order valence-electron chi connectivity index (χ3n) is 6.35. The summed E-state index contributed by atoms with van der Waals surface area (Å²) in [7, 11) is 0. The average Bonchev–Trinajstić information content (AvgIpc) is 3.32. The number of piperazine rings is 1. The van der Waals surface area contributed by atoms with E-state index in [1.165, 1.54) is 11.8 Å². The first-order valence-electron chi connectivity index (χ1n) is 11.3. The van der Waals surface area contributed by atoms with E-state index >= 15 is 0 Å². The minimum absolute atomic E-state index is 0.0914. The number of carbonyl (C=O) groups is 3. The summed E-state index contributed by atoms with van der Waals surface area (Å²) in [4.78, 5) is 39.8. The number of nitrogens with zero attached hydrogens (tertiary/aromatic N) is 4. The van der Waals surface area contributed by atoms with Crippen LogP contribution in [0.3, 0.4) is 0 Å². The van der Waals surface area contributed by atoms with Crippen molar-refractivity contribution in [2.45, 2.75) is 32.1 Å². The Morgan fingerprint density at radius 2 is 1.47 bits per heavy atom. The van der Waals surface area contributed by atoms with E-state index in [-0.39, 0.29) is 56.2 Å². The van der Waals surface area contributed by atoms with Gasteiger partial charge in [0.25, 0.3) is 0 Å².